The summed E-state index contributed by atoms with van der Waals surface area (Å²) < 4.78 is 40.5. The summed E-state index contributed by atoms with van der Waals surface area (Å²) in [7, 11) is -3.68. The number of carbonyl (C=O) groups is 2. The molecule has 1 atom stereocenters. The van der Waals surface area contributed by atoms with Gasteiger partial charge in [-0.25, -0.2) is 12.8 Å². The number of carbonyl (C=O) groups excluding carboxylic acids is 2. The molecule has 10 heteroatoms. The van der Waals surface area contributed by atoms with E-state index in [1.165, 1.54) is 52.8 Å². The van der Waals surface area contributed by atoms with Crippen LogP contribution in [0.3, 0.4) is 0 Å². The summed E-state index contributed by atoms with van der Waals surface area (Å²) in [6.45, 7) is 0.671. The molecule has 1 heterocycles. The fourth-order valence-electron chi connectivity index (χ4n) is 3.62. The first-order valence-electron chi connectivity index (χ1n) is 10.4. The zero-order valence-corrected chi connectivity index (χ0v) is 19.0. The third kappa shape index (κ3) is 6.27. The Kier molecular flexibility index (Phi) is 8.22. The Morgan fingerprint density at radius 1 is 1.00 bits per heavy atom. The van der Waals surface area contributed by atoms with Gasteiger partial charge in [0.15, 0.2) is 0 Å². The topological polar surface area (TPSA) is 95.6 Å². The van der Waals surface area contributed by atoms with Crippen molar-refractivity contribution in [3.8, 4) is 0 Å². The number of piperidine rings is 1. The largest absolute Gasteiger partial charge is 0.348 e. The Hall–Kier alpha value is -2.49. The normalized spacial score (nSPS) is 17.0. The van der Waals surface area contributed by atoms with Gasteiger partial charge in [-0.15, -0.1) is 0 Å². The number of benzene rings is 2. The second-order valence-corrected chi connectivity index (χ2v) is 9.90. The summed E-state index contributed by atoms with van der Waals surface area (Å²) in [5.41, 5.74) is 0.665. The number of hydrogen-bond acceptors (Lipinski definition) is 4. The molecule has 0 aromatic heterocycles. The van der Waals surface area contributed by atoms with Crippen molar-refractivity contribution >= 4 is 33.4 Å². The maximum Gasteiger partial charge on any atom is 0.309 e. The van der Waals surface area contributed by atoms with Crippen molar-refractivity contribution in [3.63, 3.8) is 0 Å². The Labute approximate surface area is 192 Å². The SMILES string of the molecule is O=C(NCC[C@H]1CCCCN1S(=O)(=O)c1ccc(Cl)cc1)C(=O)NCc1ccc(F)cc1. The average Bonchev–Trinajstić information content (AvgIpc) is 2.79. The minimum absolute atomic E-state index is 0.0995. The van der Waals surface area contributed by atoms with E-state index in [0.29, 0.717) is 30.0 Å². The van der Waals surface area contributed by atoms with Gasteiger partial charge in [0, 0.05) is 30.7 Å². The van der Waals surface area contributed by atoms with Crippen molar-refractivity contribution in [1.29, 1.82) is 0 Å². The zero-order chi connectivity index (χ0) is 23.1. The molecule has 1 saturated heterocycles. The minimum Gasteiger partial charge on any atom is -0.348 e. The predicted molar refractivity (Wildman–Crippen MR) is 119 cm³/mol. The molecule has 2 aromatic carbocycles. The van der Waals surface area contributed by atoms with Crippen molar-refractivity contribution in [2.45, 2.75) is 43.2 Å². The molecule has 0 radical (unpaired) electrons. The Morgan fingerprint density at radius 2 is 1.66 bits per heavy atom. The van der Waals surface area contributed by atoms with Gasteiger partial charge in [0.25, 0.3) is 0 Å². The van der Waals surface area contributed by atoms with Crippen LogP contribution in [0.1, 0.15) is 31.2 Å². The Balaban J connectivity index is 1.51. The highest BCUT2D eigenvalue weighted by Gasteiger charge is 2.33. The minimum atomic E-state index is -3.68. The van der Waals surface area contributed by atoms with Crippen molar-refractivity contribution in [1.82, 2.24) is 14.9 Å². The molecule has 0 saturated carbocycles. The summed E-state index contributed by atoms with van der Waals surface area (Å²) in [4.78, 5) is 24.2. The lowest BCUT2D eigenvalue weighted by Gasteiger charge is -2.34. The first-order valence-corrected chi connectivity index (χ1v) is 12.2. The molecule has 1 fully saturated rings. The number of nitrogens with zero attached hydrogens (tertiary/aromatic N) is 1. The van der Waals surface area contributed by atoms with E-state index in [0.717, 1.165) is 12.8 Å². The lowest BCUT2D eigenvalue weighted by molar-refractivity contribution is -0.139. The molecule has 0 aliphatic carbocycles. The summed E-state index contributed by atoms with van der Waals surface area (Å²) in [5.74, 6) is -1.98. The predicted octanol–water partition coefficient (Wildman–Crippen LogP) is 2.85. The van der Waals surface area contributed by atoms with Gasteiger partial charge in [-0.1, -0.05) is 30.2 Å². The highest BCUT2D eigenvalue weighted by molar-refractivity contribution is 7.89. The lowest BCUT2D eigenvalue weighted by atomic mass is 10.0. The van der Waals surface area contributed by atoms with Crippen LogP contribution >= 0.6 is 11.6 Å². The Morgan fingerprint density at radius 3 is 2.34 bits per heavy atom. The molecule has 32 heavy (non-hydrogen) atoms. The molecule has 1 aliphatic heterocycles. The van der Waals surface area contributed by atoms with E-state index >= 15 is 0 Å². The Bertz CT molecular complexity index is 1050. The standard InChI is InChI=1S/C22H25ClFN3O4S/c23-17-6-10-20(11-7-17)32(30,31)27-14-2-1-3-19(27)12-13-25-21(28)22(29)26-15-16-4-8-18(24)9-5-16/h4-11,19H,1-3,12-15H2,(H,25,28)(H,26,29)/t19-/m1/s1. The number of nitrogens with one attached hydrogen (secondary N) is 2. The van der Waals surface area contributed by atoms with E-state index in [1.807, 2.05) is 0 Å². The average molecular weight is 482 g/mol. The molecule has 3 rings (SSSR count). The van der Waals surface area contributed by atoms with Crippen LogP contribution in [0.4, 0.5) is 4.39 Å². The van der Waals surface area contributed by atoms with Crippen molar-refractivity contribution in [2.75, 3.05) is 13.1 Å². The van der Waals surface area contributed by atoms with E-state index in [2.05, 4.69) is 10.6 Å². The number of amides is 2. The van der Waals surface area contributed by atoms with Gasteiger partial charge >= 0.3 is 11.8 Å². The van der Waals surface area contributed by atoms with E-state index < -0.39 is 21.8 Å². The molecule has 172 valence electrons. The fourth-order valence-corrected chi connectivity index (χ4v) is 5.47. The zero-order valence-electron chi connectivity index (χ0n) is 17.4. The van der Waals surface area contributed by atoms with Gasteiger partial charge < -0.3 is 10.6 Å². The third-order valence-electron chi connectivity index (χ3n) is 5.33. The van der Waals surface area contributed by atoms with Crippen LogP contribution < -0.4 is 10.6 Å². The number of sulfonamides is 1. The molecule has 0 spiro atoms. The lowest BCUT2D eigenvalue weighted by Crippen LogP contribution is -2.46. The van der Waals surface area contributed by atoms with Gasteiger partial charge in [-0.3, -0.25) is 9.59 Å². The van der Waals surface area contributed by atoms with Gasteiger partial charge in [0.05, 0.1) is 4.90 Å². The number of rotatable bonds is 7. The van der Waals surface area contributed by atoms with Crippen molar-refractivity contribution in [2.24, 2.45) is 0 Å². The van der Waals surface area contributed by atoms with Crippen molar-refractivity contribution in [3.05, 3.63) is 64.9 Å². The van der Waals surface area contributed by atoms with Gasteiger partial charge in [0.2, 0.25) is 10.0 Å². The monoisotopic (exact) mass is 481 g/mol. The van der Waals surface area contributed by atoms with Crippen LogP contribution in [-0.2, 0) is 26.2 Å². The summed E-state index contributed by atoms with van der Waals surface area (Å²) >= 11 is 5.87. The second kappa shape index (κ2) is 10.9. The molecule has 1 aliphatic rings. The molecule has 7 nitrogen and oxygen atoms in total. The second-order valence-electron chi connectivity index (χ2n) is 7.57. The first kappa shape index (κ1) is 24.2. The number of halogens is 2. The molecule has 2 amide bonds. The summed E-state index contributed by atoms with van der Waals surface area (Å²) in [6.07, 6.45) is 2.73. The van der Waals surface area contributed by atoms with E-state index in [9.17, 15) is 22.4 Å². The molecule has 0 unspecified atom stereocenters. The molecule has 0 bridgehead atoms. The van der Waals surface area contributed by atoms with E-state index in [4.69, 9.17) is 11.6 Å². The van der Waals surface area contributed by atoms with Gasteiger partial charge in [-0.05, 0) is 61.2 Å². The van der Waals surface area contributed by atoms with Crippen LogP contribution in [0.2, 0.25) is 5.02 Å². The van der Waals surface area contributed by atoms with E-state index in [-0.39, 0.29) is 29.8 Å². The highest BCUT2D eigenvalue weighted by atomic mass is 35.5. The molecule has 2 aromatic rings. The molecular weight excluding hydrogens is 457 g/mol. The maximum atomic E-state index is 13.1. The van der Waals surface area contributed by atoms with Gasteiger partial charge in [0.1, 0.15) is 5.82 Å². The quantitative estimate of drug-likeness (QED) is 0.594. The van der Waals surface area contributed by atoms with Crippen LogP contribution in [-0.4, -0.2) is 43.7 Å². The highest BCUT2D eigenvalue weighted by Crippen LogP contribution is 2.27. The third-order valence-corrected chi connectivity index (χ3v) is 7.55. The fraction of sp³-hybridized carbons (Fsp3) is 0.364. The summed E-state index contributed by atoms with van der Waals surface area (Å²) in [6, 6.07) is 11.4. The van der Waals surface area contributed by atoms with E-state index in [1.54, 1.807) is 0 Å². The van der Waals surface area contributed by atoms with Gasteiger partial charge in [-0.2, -0.15) is 4.31 Å². The number of hydrogen-bond donors (Lipinski definition) is 2. The van der Waals surface area contributed by atoms with Crippen LogP contribution in [0, 0.1) is 5.82 Å². The molecule has 2 N–H and O–H groups in total. The van der Waals surface area contributed by atoms with Crippen molar-refractivity contribution < 1.29 is 22.4 Å². The van der Waals surface area contributed by atoms with Crippen LogP contribution in [0.25, 0.3) is 0 Å². The molecular formula is C22H25ClFN3O4S. The summed E-state index contributed by atoms with van der Waals surface area (Å²) in [5, 5.41) is 5.48. The maximum absolute atomic E-state index is 13.1. The smallest absolute Gasteiger partial charge is 0.309 e. The van der Waals surface area contributed by atoms with Crippen LogP contribution in [0.5, 0.6) is 0 Å². The van der Waals surface area contributed by atoms with Crippen LogP contribution in [0.15, 0.2) is 53.4 Å². The first-order chi connectivity index (χ1) is 15.3.